The predicted molar refractivity (Wildman–Crippen MR) is 131 cm³/mol. The van der Waals surface area contributed by atoms with Crippen LogP contribution in [0.4, 0.5) is 5.69 Å². The normalized spacial score (nSPS) is 22.5. The first-order valence-corrected chi connectivity index (χ1v) is 12.4. The third-order valence-corrected chi connectivity index (χ3v) is 7.33. The Labute approximate surface area is 199 Å². The van der Waals surface area contributed by atoms with E-state index in [-0.39, 0.29) is 11.9 Å². The Bertz CT molecular complexity index is 1150. The Balaban J connectivity index is 1.12. The number of fused-ring (bicyclic) bond motifs is 1. The molecule has 3 aliphatic rings. The number of anilines is 1. The first-order valence-electron chi connectivity index (χ1n) is 12.4. The third kappa shape index (κ3) is 4.19. The van der Waals surface area contributed by atoms with E-state index >= 15 is 0 Å². The van der Waals surface area contributed by atoms with Crippen LogP contribution in [0.15, 0.2) is 54.7 Å². The molecule has 3 aliphatic heterocycles. The summed E-state index contributed by atoms with van der Waals surface area (Å²) in [5, 5.41) is 8.71. The minimum Gasteiger partial charge on any atom is -0.338 e. The van der Waals surface area contributed by atoms with Crippen molar-refractivity contribution in [2.45, 2.75) is 31.7 Å². The minimum absolute atomic E-state index is 0.0431. The van der Waals surface area contributed by atoms with Crippen molar-refractivity contribution < 1.29 is 4.79 Å². The van der Waals surface area contributed by atoms with E-state index in [9.17, 15) is 4.79 Å². The van der Waals surface area contributed by atoms with E-state index in [2.05, 4.69) is 32.1 Å². The summed E-state index contributed by atoms with van der Waals surface area (Å²) in [4.78, 5) is 17.8. The maximum atomic E-state index is 13.2. The molecule has 8 heteroatoms. The average Bonchev–Trinajstić information content (AvgIpc) is 3.65. The molecule has 0 aliphatic carbocycles. The summed E-state index contributed by atoms with van der Waals surface area (Å²) >= 11 is 0. The van der Waals surface area contributed by atoms with Crippen molar-refractivity contribution >= 4 is 11.6 Å². The van der Waals surface area contributed by atoms with Crippen LogP contribution in [0.2, 0.25) is 0 Å². The van der Waals surface area contributed by atoms with Crippen LogP contribution in [0, 0.1) is 5.92 Å². The molecule has 1 aromatic heterocycles. The zero-order valence-electron chi connectivity index (χ0n) is 19.4. The van der Waals surface area contributed by atoms with Gasteiger partial charge in [0.25, 0.3) is 5.91 Å². The van der Waals surface area contributed by atoms with Gasteiger partial charge in [0.1, 0.15) is 5.69 Å². The van der Waals surface area contributed by atoms with E-state index in [4.69, 9.17) is 0 Å². The van der Waals surface area contributed by atoms with Crippen LogP contribution < -0.4 is 10.9 Å². The first kappa shape index (κ1) is 21.3. The van der Waals surface area contributed by atoms with E-state index in [1.54, 1.807) is 4.68 Å². The number of rotatable bonds is 5. The number of likely N-dealkylation sites (tertiary alicyclic amines) is 2. The molecule has 0 bridgehead atoms. The fourth-order valence-electron chi connectivity index (χ4n) is 5.53. The Morgan fingerprint density at radius 3 is 2.68 bits per heavy atom. The first-order chi connectivity index (χ1) is 16.7. The van der Waals surface area contributed by atoms with Crippen molar-refractivity contribution in [3.8, 4) is 5.69 Å². The fraction of sp³-hybridized carbons (Fsp3) is 0.423. The standard InChI is InChI=1S/C26H31N7O/c34-26(32-15-5-6-19(17-32)16-31-13-3-4-14-31)20-9-11-21(12-10-20)33-18-24(28-30-33)25-22-7-1-2-8-23(22)27-29-25/h1-2,7-12,18-19,25,27,29H,3-6,13-17H2. The topological polar surface area (TPSA) is 78.3 Å². The van der Waals surface area contributed by atoms with Gasteiger partial charge in [-0.05, 0) is 75.0 Å². The number of amides is 1. The second-order valence-electron chi connectivity index (χ2n) is 9.69. The van der Waals surface area contributed by atoms with Crippen molar-refractivity contribution in [1.82, 2.24) is 30.2 Å². The number of benzene rings is 2. The predicted octanol–water partition coefficient (Wildman–Crippen LogP) is 3.23. The number of nitrogens with zero attached hydrogens (tertiary/aromatic N) is 5. The molecule has 6 rings (SSSR count). The number of nitrogens with one attached hydrogen (secondary N) is 2. The highest BCUT2D eigenvalue weighted by Gasteiger charge is 2.27. The highest BCUT2D eigenvalue weighted by Crippen LogP contribution is 2.31. The molecular weight excluding hydrogens is 426 g/mol. The van der Waals surface area contributed by atoms with E-state index in [1.807, 2.05) is 53.6 Å². The van der Waals surface area contributed by atoms with Gasteiger partial charge in [0.2, 0.25) is 0 Å². The second kappa shape index (κ2) is 9.19. The summed E-state index contributed by atoms with van der Waals surface area (Å²) in [5.41, 5.74) is 11.2. The van der Waals surface area contributed by atoms with Crippen molar-refractivity contribution in [2.75, 3.05) is 38.1 Å². The van der Waals surface area contributed by atoms with Crippen molar-refractivity contribution in [3.05, 3.63) is 71.5 Å². The molecule has 8 nitrogen and oxygen atoms in total. The second-order valence-corrected chi connectivity index (χ2v) is 9.69. The molecule has 3 aromatic rings. The number of hydrazine groups is 1. The smallest absolute Gasteiger partial charge is 0.253 e. The van der Waals surface area contributed by atoms with Crippen molar-refractivity contribution in [1.29, 1.82) is 0 Å². The van der Waals surface area contributed by atoms with Crippen LogP contribution >= 0.6 is 0 Å². The summed E-state index contributed by atoms with van der Waals surface area (Å²) in [7, 11) is 0. The van der Waals surface area contributed by atoms with E-state index in [0.717, 1.165) is 54.3 Å². The van der Waals surface area contributed by atoms with E-state index in [1.165, 1.54) is 32.4 Å². The highest BCUT2D eigenvalue weighted by molar-refractivity contribution is 5.94. The largest absolute Gasteiger partial charge is 0.338 e. The molecule has 0 saturated carbocycles. The number of piperidine rings is 1. The molecule has 176 valence electrons. The van der Waals surface area contributed by atoms with Crippen LogP contribution in [-0.2, 0) is 0 Å². The summed E-state index contributed by atoms with van der Waals surface area (Å²) in [6, 6.07) is 15.8. The SMILES string of the molecule is O=C(c1ccc(-n2cc(C3NNc4ccccc43)nn2)cc1)N1CCCC(CN2CCCC2)C1. The molecule has 2 saturated heterocycles. The third-order valence-electron chi connectivity index (χ3n) is 7.33. The average molecular weight is 458 g/mol. The highest BCUT2D eigenvalue weighted by atomic mass is 16.2. The van der Waals surface area contributed by atoms with Crippen LogP contribution in [-0.4, -0.2) is 63.4 Å². The lowest BCUT2D eigenvalue weighted by molar-refractivity contribution is 0.0648. The minimum atomic E-state index is -0.0431. The van der Waals surface area contributed by atoms with Gasteiger partial charge in [-0.2, -0.15) is 0 Å². The molecule has 4 heterocycles. The lowest BCUT2D eigenvalue weighted by Crippen LogP contribution is -2.43. The summed E-state index contributed by atoms with van der Waals surface area (Å²) in [5.74, 6) is 0.724. The monoisotopic (exact) mass is 457 g/mol. The molecule has 0 radical (unpaired) electrons. The lowest BCUT2D eigenvalue weighted by Gasteiger charge is -2.34. The zero-order valence-corrected chi connectivity index (χ0v) is 19.4. The molecule has 2 aromatic carbocycles. The van der Waals surface area contributed by atoms with Gasteiger partial charge in [0.05, 0.1) is 23.6 Å². The van der Waals surface area contributed by atoms with Crippen molar-refractivity contribution in [2.24, 2.45) is 5.92 Å². The molecule has 2 unspecified atom stereocenters. The molecule has 0 spiro atoms. The van der Waals surface area contributed by atoms with Gasteiger partial charge in [-0.25, -0.2) is 10.1 Å². The van der Waals surface area contributed by atoms with Gasteiger partial charge in [-0.1, -0.05) is 23.4 Å². The van der Waals surface area contributed by atoms with Crippen LogP contribution in [0.1, 0.15) is 53.3 Å². The molecule has 1 amide bonds. The molecule has 2 N–H and O–H groups in total. The van der Waals surface area contributed by atoms with E-state index in [0.29, 0.717) is 5.92 Å². The maximum Gasteiger partial charge on any atom is 0.253 e. The number of hydrogen-bond donors (Lipinski definition) is 2. The van der Waals surface area contributed by atoms with Gasteiger partial charge in [0.15, 0.2) is 0 Å². The van der Waals surface area contributed by atoms with Gasteiger partial charge < -0.3 is 15.2 Å². The Kier molecular flexibility index (Phi) is 5.76. The quantitative estimate of drug-likeness (QED) is 0.613. The van der Waals surface area contributed by atoms with Gasteiger partial charge in [0, 0.05) is 30.8 Å². The van der Waals surface area contributed by atoms with Crippen LogP contribution in [0.5, 0.6) is 0 Å². The number of hydrogen-bond acceptors (Lipinski definition) is 6. The van der Waals surface area contributed by atoms with Crippen LogP contribution in [0.25, 0.3) is 5.69 Å². The number of carbonyl (C=O) groups excluding carboxylic acids is 1. The van der Waals surface area contributed by atoms with Gasteiger partial charge in [-0.15, -0.1) is 5.10 Å². The number of aromatic nitrogens is 3. The van der Waals surface area contributed by atoms with Gasteiger partial charge in [-0.3, -0.25) is 4.79 Å². The van der Waals surface area contributed by atoms with Crippen LogP contribution in [0.3, 0.4) is 0 Å². The molecular formula is C26H31N7O. The summed E-state index contributed by atoms with van der Waals surface area (Å²) in [6.07, 6.45) is 6.89. The lowest BCUT2D eigenvalue weighted by atomic mass is 9.96. The summed E-state index contributed by atoms with van der Waals surface area (Å²) in [6.45, 7) is 5.29. The Hall–Kier alpha value is -3.23. The Morgan fingerprint density at radius 1 is 1.00 bits per heavy atom. The summed E-state index contributed by atoms with van der Waals surface area (Å²) < 4.78 is 1.76. The molecule has 2 atom stereocenters. The Morgan fingerprint density at radius 2 is 1.82 bits per heavy atom. The van der Waals surface area contributed by atoms with E-state index < -0.39 is 0 Å². The number of para-hydroxylation sites is 1. The maximum absolute atomic E-state index is 13.2. The molecule has 34 heavy (non-hydrogen) atoms. The van der Waals surface area contributed by atoms with Crippen molar-refractivity contribution in [3.63, 3.8) is 0 Å². The molecule has 2 fully saturated rings. The zero-order chi connectivity index (χ0) is 22.9. The number of carbonyl (C=O) groups is 1. The van der Waals surface area contributed by atoms with Gasteiger partial charge >= 0.3 is 0 Å². The fourth-order valence-corrected chi connectivity index (χ4v) is 5.53.